The van der Waals surface area contributed by atoms with Crippen molar-refractivity contribution in [3.8, 4) is 11.1 Å². The normalized spacial score (nSPS) is 16.5. The highest BCUT2D eigenvalue weighted by molar-refractivity contribution is 5.76. The second-order valence-corrected chi connectivity index (χ2v) is 7.92. The van der Waals surface area contributed by atoms with Crippen molar-refractivity contribution >= 4 is 11.5 Å². The summed E-state index contributed by atoms with van der Waals surface area (Å²) in [6.45, 7) is 1.89. The number of carboxylic acids is 1. The lowest BCUT2D eigenvalue weighted by Crippen LogP contribution is -2.21. The van der Waals surface area contributed by atoms with Crippen molar-refractivity contribution in [2.75, 3.05) is 0 Å². The molecule has 0 aromatic heterocycles. The molecule has 0 fully saturated rings. The largest absolute Gasteiger partial charge is 0.481 e. The van der Waals surface area contributed by atoms with E-state index in [1.54, 1.807) is 0 Å². The van der Waals surface area contributed by atoms with Crippen LogP contribution in [0.2, 0.25) is 0 Å². The van der Waals surface area contributed by atoms with E-state index in [1.807, 2.05) is 61.5 Å². The van der Waals surface area contributed by atoms with Crippen molar-refractivity contribution in [3.05, 3.63) is 102 Å². The average molecular weight is 414 g/mol. The van der Waals surface area contributed by atoms with E-state index in [0.29, 0.717) is 12.5 Å². The molecule has 1 aliphatic carbocycles. The maximum absolute atomic E-state index is 11.1. The molecule has 0 spiro atoms. The molecule has 2 unspecified atom stereocenters. The molecule has 160 valence electrons. The van der Waals surface area contributed by atoms with Crippen LogP contribution in [0.4, 0.5) is 0 Å². The van der Waals surface area contributed by atoms with Crippen molar-refractivity contribution in [1.82, 2.24) is 0 Å². The first-order chi connectivity index (χ1) is 15.1. The van der Waals surface area contributed by atoms with E-state index in [0.717, 1.165) is 36.0 Å². The summed E-state index contributed by atoms with van der Waals surface area (Å²) in [4.78, 5) is 11.1. The van der Waals surface area contributed by atoms with E-state index in [-0.39, 0.29) is 0 Å². The molecule has 0 saturated heterocycles. The van der Waals surface area contributed by atoms with Gasteiger partial charge in [0.05, 0.1) is 5.92 Å². The highest BCUT2D eigenvalue weighted by Crippen LogP contribution is 2.26. The molecule has 0 saturated carbocycles. The first-order valence-electron chi connectivity index (χ1n) is 11.0. The monoisotopic (exact) mass is 413 g/mol. The Morgan fingerprint density at radius 1 is 0.903 bits per heavy atom. The van der Waals surface area contributed by atoms with Gasteiger partial charge in [0.15, 0.2) is 0 Å². The van der Waals surface area contributed by atoms with Gasteiger partial charge in [-0.25, -0.2) is 0 Å². The lowest BCUT2D eigenvalue weighted by Gasteiger charge is -2.18. The van der Waals surface area contributed by atoms with Gasteiger partial charge in [0, 0.05) is 6.04 Å². The molecule has 3 nitrogen and oxygen atoms in total. The van der Waals surface area contributed by atoms with Crippen molar-refractivity contribution in [3.63, 3.8) is 0 Å². The summed E-state index contributed by atoms with van der Waals surface area (Å²) in [6.07, 6.45) is 6.18. The molecule has 4 rings (SSSR count). The van der Waals surface area contributed by atoms with E-state index in [9.17, 15) is 4.79 Å². The van der Waals surface area contributed by atoms with Crippen LogP contribution < -0.4 is 5.73 Å². The summed E-state index contributed by atoms with van der Waals surface area (Å²) in [5.74, 6) is -1.17. The molecular weight excluding hydrogens is 382 g/mol. The summed E-state index contributed by atoms with van der Waals surface area (Å²) in [7, 11) is 0. The number of nitrogens with two attached hydrogens (primary N) is 1. The van der Waals surface area contributed by atoms with Crippen LogP contribution in [0.1, 0.15) is 49.7 Å². The summed E-state index contributed by atoms with van der Waals surface area (Å²) in [5, 5.41) is 9.11. The van der Waals surface area contributed by atoms with Crippen LogP contribution in [0.25, 0.3) is 16.7 Å². The van der Waals surface area contributed by atoms with Crippen LogP contribution in [0, 0.1) is 0 Å². The summed E-state index contributed by atoms with van der Waals surface area (Å²) in [5.41, 5.74) is 11.8. The molecular formula is C28H31NO2. The molecule has 3 aromatic carbocycles. The quantitative estimate of drug-likeness (QED) is 0.501. The fourth-order valence-electron chi connectivity index (χ4n) is 3.86. The van der Waals surface area contributed by atoms with E-state index >= 15 is 0 Å². The summed E-state index contributed by atoms with van der Waals surface area (Å²) in [6, 6.07) is 28.8. The van der Waals surface area contributed by atoms with Gasteiger partial charge in [-0.2, -0.15) is 0 Å². The van der Waals surface area contributed by atoms with Crippen molar-refractivity contribution < 1.29 is 9.90 Å². The molecule has 0 amide bonds. The third-order valence-corrected chi connectivity index (χ3v) is 5.72. The zero-order chi connectivity index (χ0) is 22.1. The number of hydrogen-bond acceptors (Lipinski definition) is 2. The molecule has 3 heteroatoms. The number of carbonyl (C=O) groups is 1. The molecule has 0 aliphatic heterocycles. The lowest BCUT2D eigenvalue weighted by atomic mass is 9.91. The second-order valence-electron chi connectivity index (χ2n) is 7.92. The zero-order valence-electron chi connectivity index (χ0n) is 18.1. The summed E-state index contributed by atoms with van der Waals surface area (Å²) < 4.78 is 0. The minimum absolute atomic E-state index is 0.382. The highest BCUT2D eigenvalue weighted by Gasteiger charge is 2.17. The number of carboxylic acid groups (broad SMARTS) is 1. The Morgan fingerprint density at radius 2 is 1.45 bits per heavy atom. The van der Waals surface area contributed by atoms with Crippen LogP contribution in [-0.4, -0.2) is 17.1 Å². The third kappa shape index (κ3) is 6.40. The average Bonchev–Trinajstić information content (AvgIpc) is 2.82. The van der Waals surface area contributed by atoms with Gasteiger partial charge >= 0.3 is 5.97 Å². The predicted molar refractivity (Wildman–Crippen MR) is 129 cm³/mol. The van der Waals surface area contributed by atoms with Crippen molar-refractivity contribution in [2.45, 2.75) is 44.6 Å². The topological polar surface area (TPSA) is 63.3 Å². The second kappa shape index (κ2) is 11.3. The first-order valence-corrected chi connectivity index (χ1v) is 11.0. The summed E-state index contributed by atoms with van der Waals surface area (Å²) >= 11 is 0. The highest BCUT2D eigenvalue weighted by atomic mass is 16.4. The Morgan fingerprint density at radius 3 is 1.94 bits per heavy atom. The van der Waals surface area contributed by atoms with E-state index in [4.69, 9.17) is 10.8 Å². The van der Waals surface area contributed by atoms with Gasteiger partial charge in [-0.05, 0) is 53.5 Å². The number of benzene rings is 3. The molecule has 0 bridgehead atoms. The molecule has 0 heterocycles. The van der Waals surface area contributed by atoms with Gasteiger partial charge in [-0.15, -0.1) is 0 Å². The molecule has 3 N–H and O–H groups in total. The minimum Gasteiger partial charge on any atom is -0.481 e. The Balaban J connectivity index is 0.000000185. The molecule has 3 aromatic rings. The third-order valence-electron chi connectivity index (χ3n) is 5.72. The first kappa shape index (κ1) is 22.5. The Hall–Kier alpha value is -3.17. The van der Waals surface area contributed by atoms with E-state index in [2.05, 4.69) is 36.4 Å². The number of hydrogen-bond donors (Lipinski definition) is 2. The van der Waals surface area contributed by atoms with Gasteiger partial charge in [0.25, 0.3) is 0 Å². The maximum Gasteiger partial charge on any atom is 0.310 e. The van der Waals surface area contributed by atoms with Crippen LogP contribution in [0.15, 0.2) is 91.0 Å². The van der Waals surface area contributed by atoms with E-state index in [1.165, 1.54) is 11.1 Å². The molecule has 0 radical (unpaired) electrons. The Labute approximate surface area is 185 Å². The predicted octanol–water partition coefficient (Wildman–Crippen LogP) is 6.51. The Kier molecular flexibility index (Phi) is 8.19. The van der Waals surface area contributed by atoms with Crippen LogP contribution in [-0.2, 0) is 4.79 Å². The maximum atomic E-state index is 11.1. The fraction of sp³-hybridized carbons (Fsp3) is 0.250. The fourth-order valence-corrected chi connectivity index (χ4v) is 3.86. The number of rotatable bonds is 5. The van der Waals surface area contributed by atoms with E-state index < -0.39 is 11.9 Å². The van der Waals surface area contributed by atoms with Crippen LogP contribution in [0.5, 0.6) is 0 Å². The molecule has 2 atom stereocenters. The minimum atomic E-state index is -0.759. The van der Waals surface area contributed by atoms with Crippen LogP contribution >= 0.6 is 0 Å². The van der Waals surface area contributed by atoms with Gasteiger partial charge in [0.1, 0.15) is 0 Å². The SMILES string of the molecule is CCC(C(=O)O)c1ccc(-c2ccccc2)cc1.NC1CC=C(c2ccccc2)CC1. The van der Waals surface area contributed by atoms with Crippen molar-refractivity contribution in [2.24, 2.45) is 5.73 Å². The van der Waals surface area contributed by atoms with Gasteiger partial charge in [-0.1, -0.05) is 97.9 Å². The lowest BCUT2D eigenvalue weighted by molar-refractivity contribution is -0.138. The molecule has 31 heavy (non-hydrogen) atoms. The van der Waals surface area contributed by atoms with Gasteiger partial charge < -0.3 is 10.8 Å². The van der Waals surface area contributed by atoms with Crippen molar-refractivity contribution in [1.29, 1.82) is 0 Å². The van der Waals surface area contributed by atoms with Crippen LogP contribution in [0.3, 0.4) is 0 Å². The molecule has 1 aliphatic rings. The zero-order valence-corrected chi connectivity index (χ0v) is 18.1. The smallest absolute Gasteiger partial charge is 0.310 e. The number of allylic oxidation sites excluding steroid dienone is 1. The van der Waals surface area contributed by atoms with Gasteiger partial charge in [0.2, 0.25) is 0 Å². The number of aliphatic carboxylic acids is 1. The standard InChI is InChI=1S/C16H16O2.C12H15N/c1-2-15(16(17)18)14-10-8-13(9-11-14)12-6-4-3-5-7-12;13-12-8-6-11(7-9-12)10-4-2-1-3-5-10/h3-11,15H,2H2,1H3,(H,17,18);1-6,12H,7-9,13H2. The Bertz CT molecular complexity index is 979. The van der Waals surface area contributed by atoms with Gasteiger partial charge in [-0.3, -0.25) is 4.79 Å².